The molecule has 1 fully saturated rings. The number of hydrogen-bond acceptors (Lipinski definition) is 7. The molecule has 0 unspecified atom stereocenters. The van der Waals surface area contributed by atoms with Gasteiger partial charge in [0.05, 0.1) is 33.9 Å². The molecule has 1 aliphatic rings. The Bertz CT molecular complexity index is 1330. The SMILES string of the molecule is COc1ccc(C[C@H]2COC(=O)[C@@H]2Cc2ccc(OC(=O)Nc3cccc(Cl)c3C)c(OC)c2)cc1OC. The predicted octanol–water partition coefficient (Wildman–Crippen LogP) is 5.86. The van der Waals surface area contributed by atoms with Gasteiger partial charge in [0.1, 0.15) is 0 Å². The quantitative estimate of drug-likeness (QED) is 0.340. The van der Waals surface area contributed by atoms with Crippen LogP contribution in [0.2, 0.25) is 5.02 Å². The van der Waals surface area contributed by atoms with Crippen molar-refractivity contribution in [1.29, 1.82) is 0 Å². The molecule has 0 saturated carbocycles. The Morgan fingerprint density at radius 3 is 2.24 bits per heavy atom. The summed E-state index contributed by atoms with van der Waals surface area (Å²) in [5.41, 5.74) is 3.18. The van der Waals surface area contributed by atoms with Gasteiger partial charge in [-0.2, -0.15) is 0 Å². The van der Waals surface area contributed by atoms with E-state index in [1.54, 1.807) is 51.5 Å². The van der Waals surface area contributed by atoms with Crippen molar-refractivity contribution < 1.29 is 33.3 Å². The first-order valence-electron chi connectivity index (χ1n) is 12.1. The number of esters is 1. The van der Waals surface area contributed by atoms with E-state index in [2.05, 4.69) is 5.32 Å². The first-order chi connectivity index (χ1) is 18.3. The first kappa shape index (κ1) is 27.1. The van der Waals surface area contributed by atoms with Crippen LogP contribution < -0.4 is 24.3 Å². The predicted molar refractivity (Wildman–Crippen MR) is 144 cm³/mol. The Morgan fingerprint density at radius 2 is 1.55 bits per heavy atom. The average Bonchev–Trinajstić information content (AvgIpc) is 3.25. The summed E-state index contributed by atoms with van der Waals surface area (Å²) in [6, 6.07) is 16.2. The molecule has 1 saturated heterocycles. The molecular weight excluding hydrogens is 510 g/mol. The second-order valence-corrected chi connectivity index (χ2v) is 9.41. The molecule has 1 amide bonds. The van der Waals surface area contributed by atoms with Gasteiger partial charge in [0.15, 0.2) is 23.0 Å². The van der Waals surface area contributed by atoms with Gasteiger partial charge in [0.2, 0.25) is 0 Å². The van der Waals surface area contributed by atoms with Crippen molar-refractivity contribution in [1.82, 2.24) is 0 Å². The summed E-state index contributed by atoms with van der Waals surface area (Å²) in [5, 5.41) is 3.24. The largest absolute Gasteiger partial charge is 0.493 e. The van der Waals surface area contributed by atoms with Crippen LogP contribution >= 0.6 is 11.6 Å². The molecule has 38 heavy (non-hydrogen) atoms. The number of rotatable bonds is 9. The topological polar surface area (TPSA) is 92.3 Å². The van der Waals surface area contributed by atoms with Crippen LogP contribution in [0.1, 0.15) is 16.7 Å². The van der Waals surface area contributed by atoms with E-state index in [1.807, 2.05) is 24.3 Å². The van der Waals surface area contributed by atoms with Crippen LogP contribution in [0.4, 0.5) is 10.5 Å². The molecule has 0 spiro atoms. The molecule has 3 aromatic rings. The summed E-state index contributed by atoms with van der Waals surface area (Å²) in [4.78, 5) is 25.1. The maximum absolute atomic E-state index is 12.6. The number of ether oxygens (including phenoxy) is 5. The fourth-order valence-corrected chi connectivity index (χ4v) is 4.70. The molecule has 0 aromatic heterocycles. The number of halogens is 1. The summed E-state index contributed by atoms with van der Waals surface area (Å²) in [6.07, 6.45) is 0.440. The molecular formula is C29H30ClNO7. The Morgan fingerprint density at radius 1 is 0.921 bits per heavy atom. The Kier molecular flexibility index (Phi) is 8.63. The van der Waals surface area contributed by atoms with Gasteiger partial charge in [-0.15, -0.1) is 0 Å². The lowest BCUT2D eigenvalue weighted by atomic mass is 9.85. The van der Waals surface area contributed by atoms with E-state index in [-0.39, 0.29) is 23.6 Å². The highest BCUT2D eigenvalue weighted by Crippen LogP contribution is 2.35. The Balaban J connectivity index is 1.45. The molecule has 3 aromatic carbocycles. The fraction of sp³-hybridized carbons (Fsp3) is 0.310. The zero-order chi connectivity index (χ0) is 27.2. The van der Waals surface area contributed by atoms with Crippen molar-refractivity contribution in [3.8, 4) is 23.0 Å². The van der Waals surface area contributed by atoms with E-state index < -0.39 is 6.09 Å². The number of carbonyl (C=O) groups is 2. The number of hydrogen-bond donors (Lipinski definition) is 1. The van der Waals surface area contributed by atoms with E-state index in [1.165, 1.54) is 7.11 Å². The summed E-state index contributed by atoms with van der Waals surface area (Å²) < 4.78 is 27.1. The summed E-state index contributed by atoms with van der Waals surface area (Å²) in [6.45, 7) is 2.15. The molecule has 0 aliphatic carbocycles. The summed E-state index contributed by atoms with van der Waals surface area (Å²) >= 11 is 6.13. The van der Waals surface area contributed by atoms with Gasteiger partial charge >= 0.3 is 12.1 Å². The monoisotopic (exact) mass is 539 g/mol. The number of nitrogens with one attached hydrogen (secondary N) is 1. The first-order valence-corrected chi connectivity index (χ1v) is 12.5. The highest BCUT2D eigenvalue weighted by Gasteiger charge is 2.37. The van der Waals surface area contributed by atoms with Gasteiger partial charge in [0.25, 0.3) is 0 Å². The van der Waals surface area contributed by atoms with Crippen molar-refractivity contribution in [3.05, 3.63) is 76.3 Å². The highest BCUT2D eigenvalue weighted by molar-refractivity contribution is 6.31. The minimum absolute atomic E-state index is 0.00534. The molecule has 1 N–H and O–H groups in total. The van der Waals surface area contributed by atoms with Crippen LogP contribution in [0, 0.1) is 18.8 Å². The molecule has 9 heteroatoms. The molecule has 8 nitrogen and oxygen atoms in total. The molecule has 0 radical (unpaired) electrons. The second-order valence-electron chi connectivity index (χ2n) is 9.01. The zero-order valence-corrected chi connectivity index (χ0v) is 22.5. The minimum atomic E-state index is -0.671. The van der Waals surface area contributed by atoms with Crippen molar-refractivity contribution in [3.63, 3.8) is 0 Å². The maximum Gasteiger partial charge on any atom is 0.417 e. The van der Waals surface area contributed by atoms with Crippen LogP contribution in [0.5, 0.6) is 23.0 Å². The smallest absolute Gasteiger partial charge is 0.417 e. The normalized spacial score (nSPS) is 16.5. The van der Waals surface area contributed by atoms with Crippen molar-refractivity contribution in [2.45, 2.75) is 19.8 Å². The highest BCUT2D eigenvalue weighted by atomic mass is 35.5. The van der Waals surface area contributed by atoms with Gasteiger partial charge < -0.3 is 23.7 Å². The van der Waals surface area contributed by atoms with Crippen molar-refractivity contribution >= 4 is 29.4 Å². The number of amides is 1. The molecule has 4 rings (SSSR count). The third kappa shape index (κ3) is 6.14. The standard InChI is InChI=1S/C29H30ClNO7/c1-17-22(30)6-5-7-23(17)31-29(33)38-25-11-9-19(15-27(25)36-4)13-21-20(16-37-28(21)32)12-18-8-10-24(34-2)26(14-18)35-3/h5-11,14-15,20-21H,12-13,16H2,1-4H3,(H,31,33)/t20-,21+/m0/s1. The van der Waals surface area contributed by atoms with Gasteiger partial charge in [-0.3, -0.25) is 10.1 Å². The fourth-order valence-electron chi connectivity index (χ4n) is 4.52. The van der Waals surface area contributed by atoms with Gasteiger partial charge in [0, 0.05) is 16.6 Å². The number of anilines is 1. The third-order valence-corrected chi connectivity index (χ3v) is 7.06. The second kappa shape index (κ2) is 12.1. The lowest BCUT2D eigenvalue weighted by molar-refractivity contribution is -0.141. The maximum atomic E-state index is 12.6. The molecule has 200 valence electrons. The Labute approximate surface area is 226 Å². The minimum Gasteiger partial charge on any atom is -0.493 e. The molecule has 2 atom stereocenters. The Hall–Kier alpha value is -3.91. The zero-order valence-electron chi connectivity index (χ0n) is 21.7. The van der Waals surface area contributed by atoms with Crippen LogP contribution in [-0.2, 0) is 22.4 Å². The number of benzene rings is 3. The van der Waals surface area contributed by atoms with E-state index in [0.717, 1.165) is 16.7 Å². The number of carbonyl (C=O) groups excluding carboxylic acids is 2. The molecule has 0 bridgehead atoms. The molecule has 1 heterocycles. The number of cyclic esters (lactones) is 1. The van der Waals surface area contributed by atoms with E-state index in [4.69, 9.17) is 35.3 Å². The number of methoxy groups -OCH3 is 3. The van der Waals surface area contributed by atoms with Gasteiger partial charge in [-0.05, 0) is 72.9 Å². The van der Waals surface area contributed by atoms with E-state index in [0.29, 0.717) is 47.4 Å². The van der Waals surface area contributed by atoms with Crippen LogP contribution in [0.3, 0.4) is 0 Å². The van der Waals surface area contributed by atoms with Gasteiger partial charge in [-0.25, -0.2) is 4.79 Å². The van der Waals surface area contributed by atoms with Crippen LogP contribution in [0.25, 0.3) is 0 Å². The lowest BCUT2D eigenvalue weighted by Gasteiger charge is -2.17. The van der Waals surface area contributed by atoms with E-state index in [9.17, 15) is 9.59 Å². The van der Waals surface area contributed by atoms with Crippen molar-refractivity contribution in [2.24, 2.45) is 11.8 Å². The summed E-state index contributed by atoms with van der Waals surface area (Å²) in [7, 11) is 4.68. The van der Waals surface area contributed by atoms with Crippen LogP contribution in [-0.4, -0.2) is 40.0 Å². The van der Waals surface area contributed by atoms with Crippen LogP contribution in [0.15, 0.2) is 54.6 Å². The third-order valence-electron chi connectivity index (χ3n) is 6.65. The average molecular weight is 540 g/mol. The summed E-state index contributed by atoms with van der Waals surface area (Å²) in [5.74, 6) is 1.36. The van der Waals surface area contributed by atoms with Crippen molar-refractivity contribution in [2.75, 3.05) is 33.3 Å². The van der Waals surface area contributed by atoms with Gasteiger partial charge in [-0.1, -0.05) is 29.8 Å². The van der Waals surface area contributed by atoms with E-state index >= 15 is 0 Å². The lowest BCUT2D eigenvalue weighted by Crippen LogP contribution is -2.21. The molecule has 1 aliphatic heterocycles.